The number of primary amides is 1. The maximum Gasteiger partial charge on any atom is 0.236 e. The Bertz CT molecular complexity index is 1020. The van der Waals surface area contributed by atoms with Crippen LogP contribution < -0.4 is 21.3 Å². The number of carbonyl (C=O) groups excluding carboxylic acids is 2. The highest BCUT2D eigenvalue weighted by Gasteiger charge is 2.25. The van der Waals surface area contributed by atoms with E-state index in [1.807, 2.05) is 11.8 Å². The summed E-state index contributed by atoms with van der Waals surface area (Å²) < 4.78 is 29.5. The van der Waals surface area contributed by atoms with E-state index >= 15 is 0 Å². The van der Waals surface area contributed by atoms with Crippen LogP contribution in [0.25, 0.3) is 11.4 Å². The van der Waals surface area contributed by atoms with E-state index < -0.39 is 28.1 Å². The van der Waals surface area contributed by atoms with Crippen LogP contribution in [-0.4, -0.2) is 69.9 Å². The number of nitrogens with zero attached hydrogens (tertiary/aromatic N) is 3. The first-order valence-electron chi connectivity index (χ1n) is 10.4. The van der Waals surface area contributed by atoms with E-state index in [4.69, 9.17) is 10.5 Å². The fraction of sp³-hybridized carbons (Fsp3) is 0.429. The zero-order chi connectivity index (χ0) is 24.0. The molecule has 0 spiro atoms. The third-order valence-corrected chi connectivity index (χ3v) is 6.09. The molecule has 1 aromatic carbocycles. The molecule has 0 radical (unpaired) electrons. The van der Waals surface area contributed by atoms with Crippen molar-refractivity contribution in [1.29, 1.82) is 0 Å². The molecule has 0 aliphatic carbocycles. The number of rotatable bonds is 9. The monoisotopic (exact) mass is 475 g/mol. The first-order chi connectivity index (χ1) is 15.8. The second-order valence-electron chi connectivity index (χ2n) is 7.62. The van der Waals surface area contributed by atoms with Gasteiger partial charge in [0, 0.05) is 37.3 Å². The van der Waals surface area contributed by atoms with E-state index in [2.05, 4.69) is 20.6 Å². The summed E-state index contributed by atoms with van der Waals surface area (Å²) in [5, 5.41) is 4.23. The SMILES string of the molecule is CNC(=O)CC(c1cc(N2CCOC[C@@H]2C)nc(-c2ccc(NCC(N)=O)cc2)n1)S(=O)[O-]. The number of amides is 2. The second kappa shape index (κ2) is 11.2. The molecule has 1 aliphatic rings. The molecule has 33 heavy (non-hydrogen) atoms. The summed E-state index contributed by atoms with van der Waals surface area (Å²) in [5.41, 5.74) is 6.74. The van der Waals surface area contributed by atoms with E-state index in [0.717, 1.165) is 0 Å². The number of nitrogens with one attached hydrogen (secondary N) is 2. The van der Waals surface area contributed by atoms with Crippen molar-refractivity contribution in [1.82, 2.24) is 15.3 Å². The third kappa shape index (κ3) is 6.46. The number of morpholine rings is 1. The molecule has 2 heterocycles. The molecule has 1 saturated heterocycles. The first-order valence-corrected chi connectivity index (χ1v) is 11.6. The van der Waals surface area contributed by atoms with Crippen LogP contribution in [0, 0.1) is 0 Å². The molecule has 0 bridgehead atoms. The quantitative estimate of drug-likeness (QED) is 0.434. The highest BCUT2D eigenvalue weighted by molar-refractivity contribution is 7.79. The Balaban J connectivity index is 2.02. The fourth-order valence-corrected chi connectivity index (χ4v) is 4.03. The van der Waals surface area contributed by atoms with Crippen molar-refractivity contribution < 1.29 is 23.1 Å². The Kier molecular flexibility index (Phi) is 8.31. The highest BCUT2D eigenvalue weighted by Crippen LogP contribution is 2.29. The molecule has 3 rings (SSSR count). The highest BCUT2D eigenvalue weighted by atomic mass is 32.2. The van der Waals surface area contributed by atoms with Crippen molar-refractivity contribution in [3.05, 3.63) is 36.0 Å². The Morgan fingerprint density at radius 1 is 1.33 bits per heavy atom. The summed E-state index contributed by atoms with van der Waals surface area (Å²) in [7, 11) is 1.45. The number of nitrogens with two attached hydrogens (primary N) is 1. The van der Waals surface area contributed by atoms with Gasteiger partial charge in [0.15, 0.2) is 5.82 Å². The number of hydrogen-bond acceptors (Lipinski definition) is 9. The normalized spacial score (nSPS) is 17.8. The van der Waals surface area contributed by atoms with Gasteiger partial charge in [-0.1, -0.05) is 0 Å². The number of aromatic nitrogens is 2. The molecule has 2 unspecified atom stereocenters. The molecular weight excluding hydrogens is 448 g/mol. The number of anilines is 2. The summed E-state index contributed by atoms with van der Waals surface area (Å²) in [6.45, 7) is 3.63. The minimum absolute atomic E-state index is 0.000879. The summed E-state index contributed by atoms with van der Waals surface area (Å²) >= 11 is -2.57. The molecule has 1 fully saturated rings. The lowest BCUT2D eigenvalue weighted by atomic mass is 10.1. The average molecular weight is 476 g/mol. The number of hydrogen-bond donors (Lipinski definition) is 3. The van der Waals surface area contributed by atoms with E-state index in [1.165, 1.54) is 7.05 Å². The minimum atomic E-state index is -2.57. The lowest BCUT2D eigenvalue weighted by Gasteiger charge is -2.35. The van der Waals surface area contributed by atoms with Crippen LogP contribution in [0.15, 0.2) is 30.3 Å². The van der Waals surface area contributed by atoms with E-state index in [9.17, 15) is 18.4 Å². The maximum atomic E-state index is 12.0. The van der Waals surface area contributed by atoms with Crippen LogP contribution in [0.4, 0.5) is 11.5 Å². The van der Waals surface area contributed by atoms with Gasteiger partial charge in [0.05, 0.1) is 36.7 Å². The molecule has 3 atom stereocenters. The number of ether oxygens (including phenoxy) is 1. The van der Waals surface area contributed by atoms with Gasteiger partial charge in [-0.2, -0.15) is 0 Å². The van der Waals surface area contributed by atoms with Crippen LogP contribution in [0.1, 0.15) is 24.3 Å². The summed E-state index contributed by atoms with van der Waals surface area (Å²) in [4.78, 5) is 34.1. The van der Waals surface area contributed by atoms with Gasteiger partial charge >= 0.3 is 0 Å². The molecule has 0 saturated carbocycles. The Morgan fingerprint density at radius 2 is 2.06 bits per heavy atom. The number of carbonyl (C=O) groups is 2. The second-order valence-corrected chi connectivity index (χ2v) is 8.71. The van der Waals surface area contributed by atoms with Crippen molar-refractivity contribution >= 4 is 34.4 Å². The predicted octanol–water partition coefficient (Wildman–Crippen LogP) is 0.322. The van der Waals surface area contributed by atoms with Gasteiger partial charge in [0.25, 0.3) is 0 Å². The smallest absolute Gasteiger partial charge is 0.236 e. The van der Waals surface area contributed by atoms with E-state index in [-0.39, 0.29) is 24.7 Å². The van der Waals surface area contributed by atoms with Crippen LogP contribution in [0.2, 0.25) is 0 Å². The van der Waals surface area contributed by atoms with Crippen LogP contribution >= 0.6 is 0 Å². The van der Waals surface area contributed by atoms with Crippen LogP contribution in [0.5, 0.6) is 0 Å². The van der Waals surface area contributed by atoms with Crippen molar-refractivity contribution in [2.24, 2.45) is 5.73 Å². The molecule has 2 aromatic rings. The number of benzene rings is 1. The molecule has 4 N–H and O–H groups in total. The zero-order valence-corrected chi connectivity index (χ0v) is 19.3. The predicted molar refractivity (Wildman–Crippen MR) is 123 cm³/mol. The minimum Gasteiger partial charge on any atom is -0.772 e. The standard InChI is InChI=1S/C21H28N6O5S/c1-13-12-32-8-7-27(13)19-9-16(17(33(30)31)10-20(29)23-2)25-21(26-19)14-3-5-15(6-4-14)24-11-18(22)28/h3-6,9,13,17,24H,7-8,10-12H2,1-2H3,(H2,22,28)(H,23,29)(H,30,31)/p-1/t13-,17?/m0/s1. The van der Waals surface area contributed by atoms with E-state index in [1.54, 1.807) is 30.3 Å². The van der Waals surface area contributed by atoms with Crippen LogP contribution in [0.3, 0.4) is 0 Å². The lowest BCUT2D eigenvalue weighted by Crippen LogP contribution is -2.44. The largest absolute Gasteiger partial charge is 0.772 e. The molecule has 12 heteroatoms. The molecule has 11 nitrogen and oxygen atoms in total. The van der Waals surface area contributed by atoms with Gasteiger partial charge in [-0.3, -0.25) is 13.8 Å². The Hall–Kier alpha value is -3.09. The molecule has 1 aromatic heterocycles. The summed E-state index contributed by atoms with van der Waals surface area (Å²) in [5.74, 6) is 0.00627. The molecular formula is C21H27N6O5S-. The summed E-state index contributed by atoms with van der Waals surface area (Å²) in [6.07, 6.45) is -0.253. The average Bonchev–Trinajstić information content (AvgIpc) is 2.81. The fourth-order valence-electron chi connectivity index (χ4n) is 3.43. The van der Waals surface area contributed by atoms with Gasteiger partial charge in [-0.25, -0.2) is 9.97 Å². The maximum absolute atomic E-state index is 12.0. The van der Waals surface area contributed by atoms with Crippen molar-refractivity contribution in [3.8, 4) is 11.4 Å². The van der Waals surface area contributed by atoms with Gasteiger partial charge < -0.3 is 30.6 Å². The van der Waals surface area contributed by atoms with Gasteiger partial charge in [0.1, 0.15) is 5.82 Å². The molecule has 178 valence electrons. The topological polar surface area (TPSA) is 163 Å². The molecule has 1 aliphatic heterocycles. The van der Waals surface area contributed by atoms with Gasteiger partial charge in [-0.15, -0.1) is 0 Å². The van der Waals surface area contributed by atoms with Crippen LogP contribution in [-0.2, 0) is 25.4 Å². The lowest BCUT2D eigenvalue weighted by molar-refractivity contribution is -0.120. The van der Waals surface area contributed by atoms with E-state index in [0.29, 0.717) is 42.7 Å². The Labute approximate surface area is 194 Å². The summed E-state index contributed by atoms with van der Waals surface area (Å²) in [6, 6.07) is 8.67. The molecule has 2 amide bonds. The first kappa shape index (κ1) is 24.6. The van der Waals surface area contributed by atoms with Gasteiger partial charge in [0.2, 0.25) is 11.8 Å². The Morgan fingerprint density at radius 3 is 2.67 bits per heavy atom. The van der Waals surface area contributed by atoms with Gasteiger partial charge in [-0.05, 0) is 42.3 Å². The van der Waals surface area contributed by atoms with Crippen molar-refractivity contribution in [2.75, 3.05) is 43.6 Å². The zero-order valence-electron chi connectivity index (χ0n) is 18.4. The van der Waals surface area contributed by atoms with Crippen molar-refractivity contribution in [2.45, 2.75) is 24.6 Å². The van der Waals surface area contributed by atoms with Crippen molar-refractivity contribution in [3.63, 3.8) is 0 Å². The third-order valence-electron chi connectivity index (χ3n) is 5.22.